The molecule has 0 radical (unpaired) electrons. The van der Waals surface area contributed by atoms with Gasteiger partial charge in [-0.3, -0.25) is 14.2 Å². The summed E-state index contributed by atoms with van der Waals surface area (Å²) in [5.74, 6) is 0.940. The monoisotopic (exact) mass is 369 g/mol. The van der Waals surface area contributed by atoms with E-state index in [-0.39, 0.29) is 11.9 Å². The first-order valence-corrected chi connectivity index (χ1v) is 9.31. The lowest BCUT2D eigenvalue weighted by atomic mass is 10.1. The van der Waals surface area contributed by atoms with Crippen LogP contribution in [0.5, 0.6) is 0 Å². The number of hydrogen-bond donors (Lipinski definition) is 0. The van der Waals surface area contributed by atoms with Crippen molar-refractivity contribution >= 4 is 5.91 Å². The molecule has 0 aliphatic carbocycles. The van der Waals surface area contributed by atoms with Crippen LogP contribution < -0.4 is 0 Å². The normalized spacial score (nSPS) is 17.9. The Kier molecular flexibility index (Phi) is 4.74. The van der Waals surface area contributed by atoms with Crippen LogP contribution in [0.3, 0.4) is 0 Å². The van der Waals surface area contributed by atoms with Crippen molar-refractivity contribution in [3.63, 3.8) is 0 Å². The molecule has 142 valence electrons. The summed E-state index contributed by atoms with van der Waals surface area (Å²) in [5.41, 5.74) is 1.37. The van der Waals surface area contributed by atoms with Crippen LogP contribution in [0.2, 0.25) is 0 Å². The average Bonchev–Trinajstić information content (AvgIpc) is 3.39. The summed E-state index contributed by atoms with van der Waals surface area (Å²) >= 11 is 0. The first-order valence-electron chi connectivity index (χ1n) is 9.31. The van der Waals surface area contributed by atoms with E-state index in [2.05, 4.69) is 20.3 Å². The minimum Gasteiger partial charge on any atom is -0.334 e. The summed E-state index contributed by atoms with van der Waals surface area (Å²) in [6.07, 6.45) is 10.8. The fourth-order valence-electron chi connectivity index (χ4n) is 3.45. The van der Waals surface area contributed by atoms with Crippen LogP contribution in [0.15, 0.2) is 29.3 Å². The number of likely N-dealkylation sites (tertiary alicyclic amines) is 1. The van der Waals surface area contributed by atoms with Gasteiger partial charge in [-0.1, -0.05) is 18.0 Å². The molecule has 0 spiro atoms. The molecule has 1 aliphatic rings. The zero-order chi connectivity index (χ0) is 18.8. The minimum atomic E-state index is -0.195. The second kappa shape index (κ2) is 7.34. The number of amides is 1. The van der Waals surface area contributed by atoms with Crippen molar-refractivity contribution in [2.75, 3.05) is 6.54 Å². The number of rotatable bonds is 4. The summed E-state index contributed by atoms with van der Waals surface area (Å²) in [7, 11) is 1.84. The molecule has 3 aromatic rings. The van der Waals surface area contributed by atoms with Crippen molar-refractivity contribution in [3.05, 3.63) is 36.2 Å². The highest BCUT2D eigenvalue weighted by molar-refractivity contribution is 5.94. The van der Waals surface area contributed by atoms with Gasteiger partial charge in [0.1, 0.15) is 0 Å². The van der Waals surface area contributed by atoms with Crippen LogP contribution in [-0.4, -0.2) is 47.1 Å². The van der Waals surface area contributed by atoms with Gasteiger partial charge in [-0.05, 0) is 19.8 Å². The van der Waals surface area contributed by atoms with Gasteiger partial charge in [0.15, 0.2) is 5.82 Å². The first kappa shape index (κ1) is 17.4. The van der Waals surface area contributed by atoms with Crippen LogP contribution in [-0.2, 0) is 13.6 Å². The van der Waals surface area contributed by atoms with Gasteiger partial charge < -0.3 is 9.42 Å². The molecule has 1 saturated heterocycles. The van der Waals surface area contributed by atoms with E-state index in [1.54, 1.807) is 28.0 Å². The molecule has 0 bridgehead atoms. The molecule has 0 N–H and O–H groups in total. The molecule has 0 saturated carbocycles. The Hall–Kier alpha value is -2.97. The predicted molar refractivity (Wildman–Crippen MR) is 96.6 cm³/mol. The Bertz CT molecular complexity index is 926. The van der Waals surface area contributed by atoms with E-state index in [0.29, 0.717) is 23.8 Å². The van der Waals surface area contributed by atoms with Crippen LogP contribution in [0.1, 0.15) is 54.8 Å². The molecular formula is C18H23N7O2. The Balaban J connectivity index is 1.62. The van der Waals surface area contributed by atoms with Gasteiger partial charge in [0.2, 0.25) is 0 Å². The number of carbonyl (C=O) groups excluding carboxylic acids is 1. The number of hydrogen-bond acceptors (Lipinski definition) is 6. The number of carbonyl (C=O) groups is 1. The van der Waals surface area contributed by atoms with Crippen molar-refractivity contribution < 1.29 is 9.32 Å². The van der Waals surface area contributed by atoms with Gasteiger partial charge in [-0.2, -0.15) is 15.2 Å². The maximum absolute atomic E-state index is 13.1. The summed E-state index contributed by atoms with van der Waals surface area (Å²) in [6.45, 7) is 3.41. The molecule has 3 aromatic heterocycles. The van der Waals surface area contributed by atoms with Crippen LogP contribution >= 0.6 is 0 Å². The van der Waals surface area contributed by atoms with Gasteiger partial charge in [0.05, 0.1) is 29.6 Å². The number of nitrogens with zero attached hydrogens (tertiary/aromatic N) is 7. The molecule has 4 rings (SSSR count). The van der Waals surface area contributed by atoms with Gasteiger partial charge in [0, 0.05) is 32.5 Å². The van der Waals surface area contributed by atoms with Crippen LogP contribution in [0.25, 0.3) is 11.5 Å². The van der Waals surface area contributed by atoms with Gasteiger partial charge >= 0.3 is 0 Å². The lowest BCUT2D eigenvalue weighted by Crippen LogP contribution is -2.35. The number of aryl methyl sites for hydroxylation is 2. The number of aromatic nitrogens is 6. The minimum absolute atomic E-state index is 0.0330. The molecule has 1 aliphatic heterocycles. The third-order valence-electron chi connectivity index (χ3n) is 4.91. The first-order chi connectivity index (χ1) is 13.2. The molecule has 1 amide bonds. The Morgan fingerprint density at radius 1 is 1.22 bits per heavy atom. The molecule has 0 unspecified atom stereocenters. The lowest BCUT2D eigenvalue weighted by Gasteiger charge is -2.27. The second-order valence-corrected chi connectivity index (χ2v) is 6.81. The van der Waals surface area contributed by atoms with E-state index in [4.69, 9.17) is 4.52 Å². The second-order valence-electron chi connectivity index (χ2n) is 6.81. The summed E-state index contributed by atoms with van der Waals surface area (Å²) < 4.78 is 8.89. The smallest absolute Gasteiger partial charge is 0.261 e. The Labute approximate surface area is 157 Å². The quantitative estimate of drug-likeness (QED) is 0.701. The Morgan fingerprint density at radius 2 is 2.11 bits per heavy atom. The van der Waals surface area contributed by atoms with E-state index >= 15 is 0 Å². The highest BCUT2D eigenvalue weighted by Crippen LogP contribution is 2.31. The van der Waals surface area contributed by atoms with E-state index in [1.165, 1.54) is 0 Å². The van der Waals surface area contributed by atoms with Gasteiger partial charge in [0.25, 0.3) is 11.8 Å². The predicted octanol–water partition coefficient (Wildman–Crippen LogP) is 2.44. The zero-order valence-corrected chi connectivity index (χ0v) is 15.6. The molecule has 9 nitrogen and oxygen atoms in total. The maximum Gasteiger partial charge on any atom is 0.261 e. The average molecular weight is 369 g/mol. The summed E-state index contributed by atoms with van der Waals surface area (Å²) in [6, 6.07) is -0.195. The molecule has 1 fully saturated rings. The fraction of sp³-hybridized carbons (Fsp3) is 0.500. The van der Waals surface area contributed by atoms with E-state index in [1.807, 2.05) is 25.1 Å². The Morgan fingerprint density at radius 3 is 2.85 bits per heavy atom. The highest BCUT2D eigenvalue weighted by atomic mass is 16.5. The SMILES string of the molecule is CCn1cc(C(=O)N2CCCCC[C@@H]2c2noc(-c3cnn(C)c3)n2)cn1. The lowest BCUT2D eigenvalue weighted by molar-refractivity contribution is 0.0670. The zero-order valence-electron chi connectivity index (χ0n) is 15.6. The molecule has 1 atom stereocenters. The van der Waals surface area contributed by atoms with Crippen molar-refractivity contribution in [2.24, 2.45) is 7.05 Å². The van der Waals surface area contributed by atoms with Gasteiger partial charge in [-0.25, -0.2) is 0 Å². The van der Waals surface area contributed by atoms with Crippen LogP contribution in [0.4, 0.5) is 0 Å². The third kappa shape index (κ3) is 3.49. The molecular weight excluding hydrogens is 346 g/mol. The van der Waals surface area contributed by atoms with E-state index < -0.39 is 0 Å². The molecule has 0 aromatic carbocycles. The van der Waals surface area contributed by atoms with E-state index in [9.17, 15) is 4.79 Å². The molecule has 27 heavy (non-hydrogen) atoms. The van der Waals surface area contributed by atoms with Gasteiger partial charge in [-0.15, -0.1) is 0 Å². The summed E-state index contributed by atoms with van der Waals surface area (Å²) in [5, 5.41) is 12.5. The topological polar surface area (TPSA) is 94.9 Å². The molecule has 4 heterocycles. The fourth-order valence-corrected chi connectivity index (χ4v) is 3.45. The standard InChI is InChI=1S/C18H23N7O2/c1-3-24-12-14(10-20-24)18(26)25-8-6-4-5-7-15(25)16-21-17(27-22-16)13-9-19-23(2)11-13/h9-12,15H,3-8H2,1-2H3/t15-/m1/s1. The third-order valence-corrected chi connectivity index (χ3v) is 4.91. The maximum atomic E-state index is 13.1. The van der Waals surface area contributed by atoms with Crippen molar-refractivity contribution in [3.8, 4) is 11.5 Å². The van der Waals surface area contributed by atoms with Crippen molar-refractivity contribution in [2.45, 2.75) is 45.2 Å². The summed E-state index contributed by atoms with van der Waals surface area (Å²) in [4.78, 5) is 19.5. The van der Waals surface area contributed by atoms with E-state index in [0.717, 1.165) is 37.8 Å². The van der Waals surface area contributed by atoms with Crippen molar-refractivity contribution in [1.82, 2.24) is 34.6 Å². The highest BCUT2D eigenvalue weighted by Gasteiger charge is 2.31. The largest absolute Gasteiger partial charge is 0.334 e. The molecule has 9 heteroatoms. The van der Waals surface area contributed by atoms with Crippen LogP contribution in [0, 0.1) is 0 Å². The van der Waals surface area contributed by atoms with Crippen molar-refractivity contribution in [1.29, 1.82) is 0 Å².